The largest absolute Gasteiger partial charge is 0.376 e. The van der Waals surface area contributed by atoms with Crippen molar-refractivity contribution in [3.8, 4) is 0 Å². The molecular formula is C16H15NO2. The minimum absolute atomic E-state index is 0.0623. The Balaban J connectivity index is 1.83. The number of hydrogen-bond acceptors (Lipinski definition) is 2. The number of amides is 1. The lowest BCUT2D eigenvalue weighted by molar-refractivity contribution is -0.0733. The van der Waals surface area contributed by atoms with Gasteiger partial charge in [-0.05, 0) is 17.7 Å². The van der Waals surface area contributed by atoms with Gasteiger partial charge in [0.25, 0.3) is 5.91 Å². The molecule has 1 saturated heterocycles. The summed E-state index contributed by atoms with van der Waals surface area (Å²) in [5, 5.41) is 3.10. The second-order valence-corrected chi connectivity index (χ2v) is 4.76. The van der Waals surface area contributed by atoms with Crippen LogP contribution in [-0.2, 0) is 10.3 Å². The van der Waals surface area contributed by atoms with Crippen molar-refractivity contribution in [2.24, 2.45) is 0 Å². The Morgan fingerprint density at radius 3 is 2.05 bits per heavy atom. The van der Waals surface area contributed by atoms with Gasteiger partial charge < -0.3 is 10.1 Å². The average molecular weight is 253 g/mol. The summed E-state index contributed by atoms with van der Waals surface area (Å²) in [6, 6.07) is 19.2. The van der Waals surface area contributed by atoms with E-state index in [1.165, 1.54) is 0 Å². The third-order valence-corrected chi connectivity index (χ3v) is 3.41. The van der Waals surface area contributed by atoms with Crippen LogP contribution in [0, 0.1) is 0 Å². The summed E-state index contributed by atoms with van der Waals surface area (Å²) in [5.74, 6) is -0.0623. The molecule has 0 aromatic heterocycles. The molecule has 0 spiro atoms. The summed E-state index contributed by atoms with van der Waals surface area (Å²) < 4.78 is 5.31. The topological polar surface area (TPSA) is 38.3 Å². The van der Waals surface area contributed by atoms with Crippen LogP contribution in [0.2, 0.25) is 0 Å². The molecule has 3 rings (SSSR count). The lowest BCUT2D eigenvalue weighted by Gasteiger charge is -2.42. The number of benzene rings is 2. The molecule has 3 nitrogen and oxygen atoms in total. The zero-order valence-electron chi connectivity index (χ0n) is 10.5. The number of carbonyl (C=O) groups is 1. The molecule has 96 valence electrons. The van der Waals surface area contributed by atoms with Crippen molar-refractivity contribution in [3.05, 3.63) is 71.8 Å². The predicted molar refractivity (Wildman–Crippen MR) is 72.8 cm³/mol. The highest BCUT2D eigenvalue weighted by atomic mass is 16.5. The fraction of sp³-hybridized carbons (Fsp3) is 0.188. The standard InChI is InChI=1S/C16H15NO2/c18-15(13-7-3-1-4-8-13)17-16(11-19-12-16)14-9-5-2-6-10-14/h1-10H,11-12H2,(H,17,18). The van der Waals surface area contributed by atoms with Crippen LogP contribution in [0.4, 0.5) is 0 Å². The zero-order chi connectivity index (χ0) is 13.1. The van der Waals surface area contributed by atoms with Crippen LogP contribution in [0.1, 0.15) is 15.9 Å². The van der Waals surface area contributed by atoms with E-state index in [2.05, 4.69) is 5.32 Å². The van der Waals surface area contributed by atoms with E-state index in [1.54, 1.807) is 0 Å². The van der Waals surface area contributed by atoms with E-state index in [-0.39, 0.29) is 11.4 Å². The van der Waals surface area contributed by atoms with Crippen molar-refractivity contribution in [3.63, 3.8) is 0 Å². The predicted octanol–water partition coefficient (Wildman–Crippen LogP) is 2.34. The van der Waals surface area contributed by atoms with Gasteiger partial charge in [0.15, 0.2) is 0 Å². The number of rotatable bonds is 3. The fourth-order valence-electron chi connectivity index (χ4n) is 2.25. The van der Waals surface area contributed by atoms with E-state index in [0.717, 1.165) is 5.56 Å². The van der Waals surface area contributed by atoms with E-state index in [0.29, 0.717) is 18.8 Å². The van der Waals surface area contributed by atoms with Gasteiger partial charge in [-0.2, -0.15) is 0 Å². The molecule has 1 heterocycles. The first-order valence-electron chi connectivity index (χ1n) is 6.31. The molecule has 1 fully saturated rings. The van der Waals surface area contributed by atoms with E-state index < -0.39 is 0 Å². The molecule has 0 radical (unpaired) electrons. The zero-order valence-corrected chi connectivity index (χ0v) is 10.5. The van der Waals surface area contributed by atoms with Crippen molar-refractivity contribution in [1.82, 2.24) is 5.32 Å². The summed E-state index contributed by atoms with van der Waals surface area (Å²) in [5.41, 5.74) is 1.38. The van der Waals surface area contributed by atoms with Crippen LogP contribution in [0.5, 0.6) is 0 Å². The van der Waals surface area contributed by atoms with Crippen molar-refractivity contribution >= 4 is 5.91 Å². The Labute approximate surface area is 112 Å². The number of ether oxygens (including phenoxy) is 1. The molecule has 2 aromatic carbocycles. The van der Waals surface area contributed by atoms with Crippen molar-refractivity contribution < 1.29 is 9.53 Å². The van der Waals surface area contributed by atoms with Crippen LogP contribution in [0.25, 0.3) is 0 Å². The molecule has 1 N–H and O–H groups in total. The maximum absolute atomic E-state index is 12.3. The van der Waals surface area contributed by atoms with Crippen LogP contribution in [-0.4, -0.2) is 19.1 Å². The van der Waals surface area contributed by atoms with Crippen molar-refractivity contribution in [2.75, 3.05) is 13.2 Å². The van der Waals surface area contributed by atoms with Gasteiger partial charge in [0, 0.05) is 5.56 Å². The van der Waals surface area contributed by atoms with Crippen LogP contribution in [0.3, 0.4) is 0 Å². The highest BCUT2D eigenvalue weighted by Crippen LogP contribution is 2.29. The molecule has 2 aromatic rings. The summed E-state index contributed by atoms with van der Waals surface area (Å²) in [6.45, 7) is 1.05. The monoisotopic (exact) mass is 253 g/mol. The molecule has 0 aliphatic carbocycles. The molecule has 19 heavy (non-hydrogen) atoms. The molecule has 1 amide bonds. The maximum atomic E-state index is 12.3. The molecule has 3 heteroatoms. The summed E-state index contributed by atoms with van der Waals surface area (Å²) >= 11 is 0. The average Bonchev–Trinajstić information content (AvgIpc) is 2.44. The first-order valence-corrected chi connectivity index (χ1v) is 6.31. The number of nitrogens with one attached hydrogen (secondary N) is 1. The maximum Gasteiger partial charge on any atom is 0.252 e. The lowest BCUT2D eigenvalue weighted by Crippen LogP contribution is -2.59. The van der Waals surface area contributed by atoms with Gasteiger partial charge in [0.1, 0.15) is 5.54 Å². The van der Waals surface area contributed by atoms with Gasteiger partial charge in [-0.1, -0.05) is 48.5 Å². The third-order valence-electron chi connectivity index (χ3n) is 3.41. The highest BCUT2D eigenvalue weighted by molar-refractivity contribution is 5.94. The normalized spacial score (nSPS) is 16.4. The second-order valence-electron chi connectivity index (χ2n) is 4.76. The van der Waals surface area contributed by atoms with Crippen molar-refractivity contribution in [2.45, 2.75) is 5.54 Å². The van der Waals surface area contributed by atoms with Crippen LogP contribution in [0.15, 0.2) is 60.7 Å². The molecule has 0 unspecified atom stereocenters. The highest BCUT2D eigenvalue weighted by Gasteiger charge is 2.41. The minimum atomic E-state index is -0.381. The molecule has 1 aliphatic rings. The van der Waals surface area contributed by atoms with E-state index >= 15 is 0 Å². The lowest BCUT2D eigenvalue weighted by atomic mass is 9.87. The molecule has 0 atom stereocenters. The minimum Gasteiger partial charge on any atom is -0.376 e. The Kier molecular flexibility index (Phi) is 3.05. The van der Waals surface area contributed by atoms with E-state index in [1.807, 2.05) is 60.7 Å². The van der Waals surface area contributed by atoms with Gasteiger partial charge in [0.2, 0.25) is 0 Å². The van der Waals surface area contributed by atoms with Gasteiger partial charge in [-0.25, -0.2) is 0 Å². The molecule has 0 bridgehead atoms. The smallest absolute Gasteiger partial charge is 0.252 e. The number of carbonyl (C=O) groups excluding carboxylic acids is 1. The summed E-state index contributed by atoms with van der Waals surface area (Å²) in [7, 11) is 0. The molecule has 1 aliphatic heterocycles. The first-order chi connectivity index (χ1) is 9.30. The van der Waals surface area contributed by atoms with Crippen molar-refractivity contribution in [1.29, 1.82) is 0 Å². The van der Waals surface area contributed by atoms with Crippen LogP contribution >= 0.6 is 0 Å². The third kappa shape index (κ3) is 2.25. The SMILES string of the molecule is O=C(NC1(c2ccccc2)COC1)c1ccccc1. The van der Waals surface area contributed by atoms with Gasteiger partial charge in [0.05, 0.1) is 13.2 Å². The van der Waals surface area contributed by atoms with E-state index in [9.17, 15) is 4.79 Å². The molecule has 0 saturated carbocycles. The Hall–Kier alpha value is -2.13. The quantitative estimate of drug-likeness (QED) is 0.911. The molecular weight excluding hydrogens is 238 g/mol. The Morgan fingerprint density at radius 1 is 0.947 bits per heavy atom. The fourth-order valence-corrected chi connectivity index (χ4v) is 2.25. The van der Waals surface area contributed by atoms with Gasteiger partial charge in [-0.3, -0.25) is 4.79 Å². The number of hydrogen-bond donors (Lipinski definition) is 1. The van der Waals surface area contributed by atoms with Gasteiger partial charge in [-0.15, -0.1) is 0 Å². The van der Waals surface area contributed by atoms with E-state index in [4.69, 9.17) is 4.74 Å². The Bertz CT molecular complexity index is 562. The second kappa shape index (κ2) is 4.86. The summed E-state index contributed by atoms with van der Waals surface area (Å²) in [4.78, 5) is 12.3. The van der Waals surface area contributed by atoms with Gasteiger partial charge >= 0.3 is 0 Å². The summed E-state index contributed by atoms with van der Waals surface area (Å²) in [6.07, 6.45) is 0. The Morgan fingerprint density at radius 2 is 1.53 bits per heavy atom. The van der Waals surface area contributed by atoms with Crippen LogP contribution < -0.4 is 5.32 Å². The first kappa shape index (κ1) is 11.9.